The summed E-state index contributed by atoms with van der Waals surface area (Å²) in [6.45, 7) is 7.18. The normalized spacial score (nSPS) is 13.1. The van der Waals surface area contributed by atoms with E-state index < -0.39 is 24.0 Å². The Hall–Kier alpha value is -9.63. The van der Waals surface area contributed by atoms with Gasteiger partial charge in [-0.25, -0.2) is 15.0 Å². The van der Waals surface area contributed by atoms with Crippen molar-refractivity contribution in [3.05, 3.63) is 196 Å². The number of nitrogens with one attached hydrogen (secondary N) is 5. The summed E-state index contributed by atoms with van der Waals surface area (Å²) in [5.74, 6) is 0.491. The average molecular weight is 1430 g/mol. The van der Waals surface area contributed by atoms with Gasteiger partial charge in [-0.15, -0.1) is 12.4 Å². The zero-order valence-corrected chi connectivity index (χ0v) is 60.6. The van der Waals surface area contributed by atoms with Gasteiger partial charge in [-0.1, -0.05) is 72.8 Å². The van der Waals surface area contributed by atoms with Gasteiger partial charge in [0.1, 0.15) is 17.5 Å². The van der Waals surface area contributed by atoms with Crippen molar-refractivity contribution >= 4 is 98.3 Å². The van der Waals surface area contributed by atoms with Crippen LogP contribution in [0.25, 0.3) is 32.7 Å². The molecule has 0 bridgehead atoms. The fourth-order valence-corrected chi connectivity index (χ4v) is 12.3. The van der Waals surface area contributed by atoms with E-state index in [-0.39, 0.29) is 92.2 Å². The zero-order valence-electron chi connectivity index (χ0n) is 59.7. The molecule has 0 saturated heterocycles. The molecule has 12 rings (SSSR count). The number of amides is 2. The van der Waals surface area contributed by atoms with Crippen LogP contribution in [0, 0.1) is 0 Å². The van der Waals surface area contributed by atoms with E-state index in [0.29, 0.717) is 38.0 Å². The van der Waals surface area contributed by atoms with Gasteiger partial charge in [0.15, 0.2) is 0 Å². The van der Waals surface area contributed by atoms with Crippen LogP contribution >= 0.6 is 12.4 Å². The second kappa shape index (κ2) is 44.1. The van der Waals surface area contributed by atoms with Gasteiger partial charge >= 0.3 is 42.7 Å². The van der Waals surface area contributed by atoms with Crippen LogP contribution in [0.5, 0.6) is 0 Å². The number of para-hydroxylation sites is 3. The van der Waals surface area contributed by atoms with Crippen molar-refractivity contribution < 1.29 is 72.8 Å². The molecule has 546 valence electrons. The Labute approximate surface area is 625 Å². The van der Waals surface area contributed by atoms with Crippen LogP contribution in [-0.4, -0.2) is 114 Å². The third-order valence-corrected chi connectivity index (χ3v) is 17.6. The summed E-state index contributed by atoms with van der Waals surface area (Å²) in [6.07, 6.45) is 20.2. The molecule has 104 heavy (non-hydrogen) atoms. The number of benzene rings is 3. The molecule has 3 aliphatic heterocycles. The van der Waals surface area contributed by atoms with Gasteiger partial charge in [-0.3, -0.25) is 43.7 Å². The Balaban J connectivity index is 0.000000225. The first-order valence-electron chi connectivity index (χ1n) is 35.5. The smallest absolute Gasteiger partial charge is 0.870 e. The predicted molar refractivity (Wildman–Crippen MR) is 401 cm³/mol. The number of ether oxygens (including phenoxy) is 2. The number of rotatable bonds is 28. The molecule has 0 aliphatic carbocycles. The van der Waals surface area contributed by atoms with Crippen molar-refractivity contribution in [2.45, 2.75) is 167 Å². The van der Waals surface area contributed by atoms with Gasteiger partial charge in [0.05, 0.1) is 61.1 Å². The zero-order chi connectivity index (χ0) is 71.1. The van der Waals surface area contributed by atoms with Crippen LogP contribution in [0.4, 0.5) is 17.5 Å². The summed E-state index contributed by atoms with van der Waals surface area (Å²) in [4.78, 5) is 97.7. The Kier molecular flexibility index (Phi) is 35.3. The molecule has 3 aliphatic rings. The number of unbranched alkanes of at least 4 members (excludes halogenated alkanes) is 3. The van der Waals surface area contributed by atoms with Crippen molar-refractivity contribution in [2.24, 2.45) is 5.73 Å². The number of carboxylic acid groups (broad SMARTS) is 2. The number of aliphatic carboxylic acids is 2. The minimum absolute atomic E-state index is 0. The first-order valence-corrected chi connectivity index (χ1v) is 35.5. The van der Waals surface area contributed by atoms with Crippen LogP contribution in [0.2, 0.25) is 0 Å². The van der Waals surface area contributed by atoms with E-state index in [0.717, 1.165) is 181 Å². The molecule has 2 amide bonds. The number of fused-ring (bicyclic) bond motifs is 6. The van der Waals surface area contributed by atoms with Crippen LogP contribution in [0.3, 0.4) is 0 Å². The van der Waals surface area contributed by atoms with E-state index in [2.05, 4.69) is 82.9 Å². The summed E-state index contributed by atoms with van der Waals surface area (Å²) in [6, 6.07) is 40.3. The quantitative estimate of drug-likeness (QED) is 0.0128. The average Bonchev–Trinajstić information content (AvgIpc) is 0.855. The van der Waals surface area contributed by atoms with E-state index in [4.69, 9.17) is 30.3 Å². The molecule has 10 N–H and O–H groups in total. The number of carbonyl (C=O) groups excluding carboxylic acids is 4. The van der Waals surface area contributed by atoms with Gasteiger partial charge < -0.3 is 57.5 Å². The van der Waals surface area contributed by atoms with E-state index in [9.17, 15) is 33.9 Å². The molecule has 0 fully saturated rings. The number of nitrogens with two attached hydrogens (primary N) is 1. The number of anilines is 3. The molecular weight excluding hydrogens is 1340 g/mol. The Morgan fingerprint density at radius 1 is 0.471 bits per heavy atom. The molecule has 9 aromatic rings. The first kappa shape index (κ1) is 83.3. The molecule has 3 atom stereocenters. The van der Waals surface area contributed by atoms with Crippen LogP contribution in [0.1, 0.15) is 179 Å². The number of halogens is 1. The Morgan fingerprint density at radius 3 is 1.21 bits per heavy atom. The second-order valence-electron chi connectivity index (χ2n) is 25.4. The van der Waals surface area contributed by atoms with E-state index in [1.54, 1.807) is 32.4 Å². The SMILES string of the molecule is CCOC(=O)C[C@H](N)c1cnc2ccccc2c1.CCOC(=O)C[C@H](NC(=O)CCCCc1ccc2c(n1)NCCC2)c1cnc2ccccc2c1.Cl.O=C(O)CCCCc1ccc2c(n1)NCCC2.O=C(O)C[C@H](NC(=O)CCCCc1ccc2c(n1)NCCC2)c1cnc2ccccc2c1.[Li+].[OH-]. The summed E-state index contributed by atoms with van der Waals surface area (Å²) in [5.41, 5.74) is 17.9. The van der Waals surface area contributed by atoms with E-state index in [1.165, 1.54) is 23.1 Å². The molecule has 0 radical (unpaired) electrons. The standard InChI is InChI=1S/C27H32N4O3.C25H28N4O3.C14H16N2O2.C13H18N2O2.ClH.Li.H2O/c1-2-34-26(33)17-24(21-16-20-8-3-5-11-23(20)29-18-21)31-25(32)12-6-4-10-22-14-13-19-9-7-15-28-27(19)30-22;30-23(10-4-2-8-20-12-11-17-7-5-13-26-25(17)28-20)29-22(15-24(31)32)19-14-18-6-1-3-9-21(18)27-16-19;1-2-18-14(17)8-12(15)11-7-10-5-3-4-6-13(10)16-9-11;16-12(17)6-2-1-5-11-8-7-10-4-3-9-14-13(10)15-11;;;/h3,5,8,11,13-14,16,18,24H,2,4,6-7,9-10,12,15,17H2,1H3,(H,28,30)(H,31,32);1,3,6,9,11-12,14,16,22H,2,4-5,7-8,10,13,15H2,(H,26,28)(H,29,30)(H,31,32);3-7,9,12H,2,8,15H2,1H3;7-8H,1-6,9H2,(H,14,15)(H,16,17);1H;;1H2/q;;;;;+1;/p-1/t24-;22-;12-;;;;/m000..../s1. The maximum Gasteiger partial charge on any atom is 1.00 e. The van der Waals surface area contributed by atoms with Crippen LogP contribution in [-0.2, 0) is 76.8 Å². The molecule has 9 heterocycles. The minimum atomic E-state index is -0.962. The monoisotopic (exact) mass is 1430 g/mol. The molecule has 0 unspecified atom stereocenters. The minimum Gasteiger partial charge on any atom is -0.870 e. The maximum absolute atomic E-state index is 12.7. The van der Waals surface area contributed by atoms with E-state index >= 15 is 0 Å². The number of esters is 2. The molecule has 3 aromatic carbocycles. The van der Waals surface area contributed by atoms with Gasteiger partial charge in [-0.05, 0) is 198 Å². The van der Waals surface area contributed by atoms with Crippen molar-refractivity contribution in [1.82, 2.24) is 40.5 Å². The topological polar surface area (TPSA) is 355 Å². The van der Waals surface area contributed by atoms with Gasteiger partial charge in [0.25, 0.3) is 0 Å². The first-order chi connectivity index (χ1) is 49.2. The van der Waals surface area contributed by atoms with Gasteiger partial charge in [0, 0.05) is 96.8 Å². The van der Waals surface area contributed by atoms with Crippen LogP contribution in [0.15, 0.2) is 146 Å². The Morgan fingerprint density at radius 2 is 0.827 bits per heavy atom. The number of aromatic nitrogens is 6. The third kappa shape index (κ3) is 26.9. The van der Waals surface area contributed by atoms with Crippen molar-refractivity contribution in [2.75, 3.05) is 48.8 Å². The molecule has 23 nitrogen and oxygen atoms in total. The summed E-state index contributed by atoms with van der Waals surface area (Å²) in [5, 5.41) is 36.7. The predicted octanol–water partition coefficient (Wildman–Crippen LogP) is 10.2. The van der Waals surface area contributed by atoms with Crippen molar-refractivity contribution in [3.8, 4) is 0 Å². The summed E-state index contributed by atoms with van der Waals surface area (Å²) >= 11 is 0. The summed E-state index contributed by atoms with van der Waals surface area (Å²) < 4.78 is 10.0. The van der Waals surface area contributed by atoms with E-state index in [1.807, 2.05) is 91.0 Å². The fourth-order valence-electron chi connectivity index (χ4n) is 12.3. The van der Waals surface area contributed by atoms with Crippen molar-refractivity contribution in [3.63, 3.8) is 0 Å². The van der Waals surface area contributed by atoms with Gasteiger partial charge in [0.2, 0.25) is 11.8 Å². The largest absolute Gasteiger partial charge is 1.00 e. The number of hydrogen-bond donors (Lipinski definition) is 8. The molecule has 0 saturated carbocycles. The fraction of sp³-hybridized carbons (Fsp3) is 0.392. The van der Waals surface area contributed by atoms with Crippen LogP contribution < -0.4 is 51.2 Å². The molecule has 0 spiro atoms. The van der Waals surface area contributed by atoms with Gasteiger partial charge in [-0.2, -0.15) is 0 Å². The molecule has 25 heteroatoms. The number of carbonyl (C=O) groups is 6. The number of pyridine rings is 6. The maximum atomic E-state index is 12.7. The number of nitrogens with zero attached hydrogens (tertiary/aromatic N) is 6. The third-order valence-electron chi connectivity index (χ3n) is 17.6. The second-order valence-corrected chi connectivity index (χ2v) is 25.4. The summed E-state index contributed by atoms with van der Waals surface area (Å²) in [7, 11) is 0. The van der Waals surface area contributed by atoms with Crippen molar-refractivity contribution in [1.29, 1.82) is 0 Å². The number of aryl methyl sites for hydroxylation is 6. The number of hydrogen-bond acceptors (Lipinski definition) is 19. The molecule has 6 aromatic heterocycles. The molecular formula is C79H96ClLiN12O11. The number of carboxylic acids is 2. The Bertz CT molecular complexity index is 4270.